The number of ether oxygens (including phenoxy) is 2. The van der Waals surface area contributed by atoms with Crippen molar-refractivity contribution in [2.24, 2.45) is 9.98 Å². The van der Waals surface area contributed by atoms with E-state index in [1.807, 2.05) is 38.1 Å². The predicted molar refractivity (Wildman–Crippen MR) is 124 cm³/mol. The Morgan fingerprint density at radius 3 is 1.56 bits per heavy atom. The van der Waals surface area contributed by atoms with Gasteiger partial charge in [0.25, 0.3) is 0 Å². The third kappa shape index (κ3) is 7.87. The van der Waals surface area contributed by atoms with Crippen LogP contribution in [0.5, 0.6) is 23.0 Å². The summed E-state index contributed by atoms with van der Waals surface area (Å²) in [5.74, 6) is 0.355. The van der Waals surface area contributed by atoms with Crippen LogP contribution in [0.2, 0.25) is 0 Å². The van der Waals surface area contributed by atoms with Crippen LogP contribution >= 0.6 is 0 Å². The van der Waals surface area contributed by atoms with Crippen molar-refractivity contribution in [3.05, 3.63) is 82.9 Å². The molecule has 8 heteroatoms. The summed E-state index contributed by atoms with van der Waals surface area (Å²) in [6, 6.07) is 18.2. The molecule has 175 valence electrons. The number of hydrogen-bond acceptors (Lipinski definition) is 7. The van der Waals surface area contributed by atoms with E-state index < -0.39 is 0 Å². The van der Waals surface area contributed by atoms with Crippen LogP contribution in [-0.2, 0) is 34.1 Å². The Morgan fingerprint density at radius 1 is 0.735 bits per heavy atom. The molecule has 3 rings (SSSR count). The number of nitrogens with zero attached hydrogens (tertiary/aromatic N) is 2. The molecular formula is C26H26N2O5V. The molecule has 0 radical (unpaired) electrons. The van der Waals surface area contributed by atoms with E-state index in [1.54, 1.807) is 48.8 Å². The standard InChI is InChI=1S/C26H28N2O4.O.V/c1-3-31-23-12-6-10-21(25(23)29)17-27-15-19-8-5-9-20(14-19)16-28-18-22-11-7-13-24(26(22)30)32-4-2;;/h5-14,17-18,29-30H,3-4,15-16H2,1-2H3;;/q;;+2/p-2. The molecule has 0 unspecified atom stereocenters. The summed E-state index contributed by atoms with van der Waals surface area (Å²) >= 11 is 1.06. The maximum atomic E-state index is 12.3. The first kappa shape index (κ1) is 26.8. The van der Waals surface area contributed by atoms with Crippen molar-refractivity contribution < 1.29 is 40.7 Å². The van der Waals surface area contributed by atoms with E-state index in [-0.39, 0.29) is 11.5 Å². The van der Waals surface area contributed by atoms with E-state index in [0.29, 0.717) is 48.9 Å². The third-order valence-corrected chi connectivity index (χ3v) is 4.62. The molecule has 0 aliphatic heterocycles. The van der Waals surface area contributed by atoms with Crippen molar-refractivity contribution in [1.82, 2.24) is 0 Å². The summed E-state index contributed by atoms with van der Waals surface area (Å²) in [5, 5.41) is 24.6. The third-order valence-electron chi connectivity index (χ3n) is 4.62. The molecule has 34 heavy (non-hydrogen) atoms. The molecule has 0 N–H and O–H groups in total. The predicted octanol–water partition coefficient (Wildman–Crippen LogP) is 3.75. The van der Waals surface area contributed by atoms with Gasteiger partial charge in [-0.3, -0.25) is 9.98 Å². The van der Waals surface area contributed by atoms with E-state index in [2.05, 4.69) is 9.98 Å². The van der Waals surface area contributed by atoms with Gasteiger partial charge < -0.3 is 19.7 Å². The minimum absolute atomic E-state index is 0.160. The van der Waals surface area contributed by atoms with Crippen molar-refractivity contribution in [3.63, 3.8) is 0 Å². The molecule has 0 amide bonds. The van der Waals surface area contributed by atoms with Crippen molar-refractivity contribution >= 4 is 12.4 Å². The molecule has 0 fully saturated rings. The van der Waals surface area contributed by atoms with Crippen molar-refractivity contribution in [2.75, 3.05) is 13.2 Å². The molecule has 3 aromatic carbocycles. The van der Waals surface area contributed by atoms with Crippen LogP contribution in [0, 0.1) is 0 Å². The van der Waals surface area contributed by atoms with Gasteiger partial charge in [0.1, 0.15) is 11.5 Å². The average molecular weight is 497 g/mol. The average Bonchev–Trinajstić information content (AvgIpc) is 2.85. The second-order valence-electron chi connectivity index (χ2n) is 6.97. The monoisotopic (exact) mass is 497 g/mol. The van der Waals surface area contributed by atoms with E-state index in [0.717, 1.165) is 28.5 Å². The second-order valence-corrected chi connectivity index (χ2v) is 6.97. The minimum atomic E-state index is -0.160. The topological polar surface area (TPSA) is 106 Å². The zero-order valence-corrected chi connectivity index (χ0v) is 20.5. The first-order valence-corrected chi connectivity index (χ1v) is 11.3. The Labute approximate surface area is 209 Å². The van der Waals surface area contributed by atoms with Gasteiger partial charge in [-0.2, -0.15) is 0 Å². The van der Waals surface area contributed by atoms with E-state index in [9.17, 15) is 10.2 Å². The van der Waals surface area contributed by atoms with Crippen molar-refractivity contribution in [3.8, 4) is 23.0 Å². The number of aliphatic imine (C=N–C) groups is 2. The Kier molecular flexibility index (Phi) is 11.6. The van der Waals surface area contributed by atoms with Gasteiger partial charge in [0.05, 0.1) is 26.3 Å². The zero-order chi connectivity index (χ0) is 24.8. The normalized spacial score (nSPS) is 10.8. The molecule has 0 bridgehead atoms. The molecule has 0 atom stereocenters. The molecule has 0 aliphatic rings. The quantitative estimate of drug-likeness (QED) is 0.397. The number of rotatable bonds is 10. The molecule has 0 spiro atoms. The zero-order valence-electron chi connectivity index (χ0n) is 19.1. The van der Waals surface area contributed by atoms with Crippen molar-refractivity contribution in [2.45, 2.75) is 26.9 Å². The summed E-state index contributed by atoms with van der Waals surface area (Å²) in [4.78, 5) is 8.81. The molecular weight excluding hydrogens is 471 g/mol. The first-order valence-electron chi connectivity index (χ1n) is 10.7. The molecule has 3 aromatic rings. The molecule has 0 saturated carbocycles. The summed E-state index contributed by atoms with van der Waals surface area (Å²) < 4.78 is 18.9. The van der Waals surface area contributed by atoms with Gasteiger partial charge >= 0.3 is 21.0 Å². The Hall–Kier alpha value is -3.42. The van der Waals surface area contributed by atoms with Crippen LogP contribution in [0.15, 0.2) is 70.6 Å². The maximum absolute atomic E-state index is 12.3. The molecule has 7 nitrogen and oxygen atoms in total. The summed E-state index contributed by atoms with van der Waals surface area (Å²) in [5.41, 5.74) is 3.01. The van der Waals surface area contributed by atoms with Crippen LogP contribution in [0.1, 0.15) is 36.1 Å². The molecule has 0 saturated heterocycles. The number of benzene rings is 3. The van der Waals surface area contributed by atoms with Gasteiger partial charge in [-0.1, -0.05) is 60.0 Å². The Balaban J connectivity index is 0.00000199. The molecule has 0 heterocycles. The SMILES string of the molecule is CCOc1cccc(C=NCc2cccc(CN=Cc3cccc(OCC)c3[O-])c2)c1[O-].[O]=[V+2]. The fourth-order valence-corrected chi connectivity index (χ4v) is 3.13. The number of hydrogen-bond donors (Lipinski definition) is 0. The van der Waals surface area contributed by atoms with E-state index in [1.165, 1.54) is 0 Å². The Bertz CT molecular complexity index is 1040. The first-order chi connectivity index (χ1) is 16.6. The van der Waals surface area contributed by atoms with Crippen LogP contribution in [0.3, 0.4) is 0 Å². The van der Waals surface area contributed by atoms with Gasteiger partial charge in [0.15, 0.2) is 0 Å². The summed E-state index contributed by atoms with van der Waals surface area (Å²) in [7, 11) is 0. The van der Waals surface area contributed by atoms with Crippen LogP contribution < -0.4 is 19.7 Å². The van der Waals surface area contributed by atoms with Gasteiger partial charge in [-0.05, 0) is 48.2 Å². The van der Waals surface area contributed by atoms with Gasteiger partial charge in [0.2, 0.25) is 0 Å². The van der Waals surface area contributed by atoms with Crippen LogP contribution in [-0.4, -0.2) is 25.6 Å². The van der Waals surface area contributed by atoms with Crippen molar-refractivity contribution in [1.29, 1.82) is 0 Å². The summed E-state index contributed by atoms with van der Waals surface area (Å²) in [6.07, 6.45) is 3.16. The molecule has 0 aromatic heterocycles. The van der Waals surface area contributed by atoms with Crippen LogP contribution in [0.4, 0.5) is 0 Å². The van der Waals surface area contributed by atoms with Gasteiger partial charge in [0, 0.05) is 12.4 Å². The summed E-state index contributed by atoms with van der Waals surface area (Å²) in [6.45, 7) is 5.45. The van der Waals surface area contributed by atoms with Gasteiger partial charge in [-0.25, -0.2) is 0 Å². The van der Waals surface area contributed by atoms with E-state index in [4.69, 9.17) is 13.1 Å². The number of para-hydroxylation sites is 2. The fourth-order valence-electron chi connectivity index (χ4n) is 3.13. The van der Waals surface area contributed by atoms with Crippen LogP contribution in [0.25, 0.3) is 0 Å². The van der Waals surface area contributed by atoms with Gasteiger partial charge in [-0.15, -0.1) is 0 Å². The second kappa shape index (κ2) is 14.7. The van der Waals surface area contributed by atoms with E-state index >= 15 is 0 Å². The fraction of sp³-hybridized carbons (Fsp3) is 0.231. The molecule has 0 aliphatic carbocycles. The Morgan fingerprint density at radius 2 is 1.15 bits per heavy atom.